The number of sulfonamides is 1. The van der Waals surface area contributed by atoms with E-state index in [9.17, 15) is 17.6 Å². The number of benzene rings is 1. The zero-order chi connectivity index (χ0) is 26.5. The Morgan fingerprint density at radius 2 is 1.89 bits per heavy atom. The molecule has 1 fully saturated rings. The Bertz CT molecular complexity index is 1320. The fraction of sp³-hybridized carbons (Fsp3) is 0.400. The predicted molar refractivity (Wildman–Crippen MR) is 137 cm³/mol. The van der Waals surface area contributed by atoms with Gasteiger partial charge < -0.3 is 9.88 Å². The minimum absolute atomic E-state index is 0.0296. The van der Waals surface area contributed by atoms with E-state index in [4.69, 9.17) is 11.6 Å². The Morgan fingerprint density at radius 1 is 1.19 bits per heavy atom. The fourth-order valence-corrected chi connectivity index (χ4v) is 5.94. The molecule has 0 unspecified atom stereocenters. The molecule has 2 aromatic heterocycles. The summed E-state index contributed by atoms with van der Waals surface area (Å²) in [6, 6.07) is 7.81. The lowest BCUT2D eigenvalue weighted by atomic mass is 9.75. The quantitative estimate of drug-likeness (QED) is 0.512. The summed E-state index contributed by atoms with van der Waals surface area (Å²) in [7, 11) is -2.08. The highest BCUT2D eigenvalue weighted by atomic mass is 35.5. The molecule has 0 radical (unpaired) electrons. The standard InChI is InChI=1S/C23H25ClFN5O3S.C2H6/c1-16-12-17(24)5-6-18(16)22(31)27-14-23(21-19(25)4-3-9-26-21)7-10-30(11-8-23)34(32,33)20-13-29(2)15-28-20;1-2/h3-6,9,12-13,15H,7-8,10-11,14H2,1-2H3,(H,27,31);1-2H3. The summed E-state index contributed by atoms with van der Waals surface area (Å²) in [5, 5.41) is 3.41. The second-order valence-corrected chi connectivity index (χ2v) is 10.9. The molecule has 8 nitrogen and oxygen atoms in total. The van der Waals surface area contributed by atoms with Gasteiger partial charge in [0.25, 0.3) is 15.9 Å². The molecule has 0 saturated carbocycles. The molecule has 0 bridgehead atoms. The summed E-state index contributed by atoms with van der Waals surface area (Å²) in [4.78, 5) is 21.2. The number of amides is 1. The molecule has 0 atom stereocenters. The van der Waals surface area contributed by atoms with Gasteiger partial charge in [-0.15, -0.1) is 0 Å². The Morgan fingerprint density at radius 3 is 2.47 bits per heavy atom. The van der Waals surface area contributed by atoms with E-state index in [1.54, 1.807) is 36.7 Å². The number of aryl methyl sites for hydroxylation is 2. The highest BCUT2D eigenvalue weighted by molar-refractivity contribution is 7.89. The Balaban J connectivity index is 0.00000176. The summed E-state index contributed by atoms with van der Waals surface area (Å²) in [5.41, 5.74) is 0.547. The van der Waals surface area contributed by atoms with Crippen molar-refractivity contribution in [2.75, 3.05) is 19.6 Å². The summed E-state index contributed by atoms with van der Waals surface area (Å²) >= 11 is 5.99. The zero-order valence-electron chi connectivity index (χ0n) is 20.8. The van der Waals surface area contributed by atoms with Crippen molar-refractivity contribution in [3.63, 3.8) is 0 Å². The van der Waals surface area contributed by atoms with E-state index in [1.165, 1.54) is 35.2 Å². The van der Waals surface area contributed by atoms with E-state index < -0.39 is 21.3 Å². The first-order valence-electron chi connectivity index (χ1n) is 11.8. The third-order valence-corrected chi connectivity index (χ3v) is 8.27. The molecule has 1 aliphatic heterocycles. The van der Waals surface area contributed by atoms with E-state index in [0.717, 1.165) is 5.56 Å². The molecule has 1 saturated heterocycles. The van der Waals surface area contributed by atoms with Crippen LogP contribution in [-0.4, -0.2) is 52.8 Å². The number of halogens is 2. The molecule has 1 amide bonds. The second-order valence-electron chi connectivity index (χ2n) is 8.54. The molecule has 4 rings (SSSR count). The van der Waals surface area contributed by atoms with Crippen LogP contribution in [-0.2, 0) is 22.5 Å². The number of pyridine rings is 1. The smallest absolute Gasteiger partial charge is 0.262 e. The number of carbonyl (C=O) groups excluding carboxylic acids is 1. The molecule has 1 aromatic carbocycles. The summed E-state index contributed by atoms with van der Waals surface area (Å²) in [5.74, 6) is -0.797. The van der Waals surface area contributed by atoms with Crippen LogP contribution in [0.3, 0.4) is 0 Å². The maximum Gasteiger partial charge on any atom is 0.262 e. The molecule has 36 heavy (non-hydrogen) atoms. The van der Waals surface area contributed by atoms with Crippen LogP contribution in [0, 0.1) is 12.7 Å². The van der Waals surface area contributed by atoms with Gasteiger partial charge in [0, 0.05) is 55.1 Å². The number of aromatic nitrogens is 3. The molecule has 194 valence electrons. The summed E-state index contributed by atoms with van der Waals surface area (Å²) in [6.07, 6.45) is 4.95. The van der Waals surface area contributed by atoms with Crippen molar-refractivity contribution in [1.29, 1.82) is 0 Å². The number of hydrogen-bond donors (Lipinski definition) is 1. The topological polar surface area (TPSA) is 97.2 Å². The third-order valence-electron chi connectivity index (χ3n) is 6.25. The van der Waals surface area contributed by atoms with Gasteiger partial charge in [-0.2, -0.15) is 4.31 Å². The fourth-order valence-electron chi connectivity index (χ4n) is 4.31. The van der Waals surface area contributed by atoms with Gasteiger partial charge in [0.1, 0.15) is 5.82 Å². The lowest BCUT2D eigenvalue weighted by Crippen LogP contribution is -2.51. The molecule has 0 aliphatic carbocycles. The van der Waals surface area contributed by atoms with Gasteiger partial charge in [-0.1, -0.05) is 25.4 Å². The normalized spacial score (nSPS) is 15.6. The number of rotatable bonds is 6. The Labute approximate surface area is 216 Å². The van der Waals surface area contributed by atoms with Crippen LogP contribution in [0.25, 0.3) is 0 Å². The van der Waals surface area contributed by atoms with Gasteiger partial charge in [0.15, 0.2) is 5.03 Å². The number of nitrogens with one attached hydrogen (secondary N) is 1. The van der Waals surface area contributed by atoms with Crippen molar-refractivity contribution in [2.45, 2.75) is 44.1 Å². The van der Waals surface area contributed by atoms with E-state index in [0.29, 0.717) is 10.6 Å². The minimum Gasteiger partial charge on any atom is -0.351 e. The van der Waals surface area contributed by atoms with Gasteiger partial charge >= 0.3 is 0 Å². The number of imidazole rings is 1. The maximum absolute atomic E-state index is 14.8. The molecular formula is C25H31ClFN5O3S. The van der Waals surface area contributed by atoms with Gasteiger partial charge in [0.2, 0.25) is 0 Å². The van der Waals surface area contributed by atoms with Gasteiger partial charge in [-0.05, 0) is 55.7 Å². The molecule has 3 aromatic rings. The number of nitrogens with zero attached hydrogens (tertiary/aromatic N) is 4. The van der Waals surface area contributed by atoms with Crippen molar-refractivity contribution in [2.24, 2.45) is 7.05 Å². The van der Waals surface area contributed by atoms with Crippen LogP contribution >= 0.6 is 11.6 Å². The third kappa shape index (κ3) is 5.77. The van der Waals surface area contributed by atoms with Crippen LogP contribution in [0.1, 0.15) is 48.3 Å². The van der Waals surface area contributed by atoms with E-state index in [1.807, 2.05) is 13.8 Å². The van der Waals surface area contributed by atoms with Gasteiger partial charge in [0.05, 0.1) is 12.0 Å². The van der Waals surface area contributed by atoms with Crippen LogP contribution in [0.4, 0.5) is 4.39 Å². The number of carbonyl (C=O) groups is 1. The predicted octanol–water partition coefficient (Wildman–Crippen LogP) is 4.09. The Hall–Kier alpha value is -2.82. The lowest BCUT2D eigenvalue weighted by molar-refractivity contribution is 0.0930. The number of piperidine rings is 1. The van der Waals surface area contributed by atoms with Crippen molar-refractivity contribution < 1.29 is 17.6 Å². The average molecular weight is 536 g/mol. The molecule has 1 aliphatic rings. The van der Waals surface area contributed by atoms with E-state index in [-0.39, 0.29) is 49.1 Å². The zero-order valence-corrected chi connectivity index (χ0v) is 22.4. The largest absolute Gasteiger partial charge is 0.351 e. The van der Waals surface area contributed by atoms with E-state index >= 15 is 0 Å². The second kappa shape index (κ2) is 11.5. The van der Waals surface area contributed by atoms with Crippen LogP contribution < -0.4 is 5.32 Å². The summed E-state index contributed by atoms with van der Waals surface area (Å²) < 4.78 is 43.8. The minimum atomic E-state index is -3.78. The monoisotopic (exact) mass is 535 g/mol. The SMILES string of the molecule is CC.Cc1cc(Cl)ccc1C(=O)NCC1(c2ncccc2F)CCN(S(=O)(=O)c2cn(C)cn2)CC1. The first-order chi connectivity index (χ1) is 17.1. The highest BCUT2D eigenvalue weighted by Crippen LogP contribution is 2.37. The Kier molecular flexibility index (Phi) is 8.86. The lowest BCUT2D eigenvalue weighted by Gasteiger charge is -2.40. The van der Waals surface area contributed by atoms with E-state index in [2.05, 4.69) is 15.3 Å². The highest BCUT2D eigenvalue weighted by Gasteiger charge is 2.43. The van der Waals surface area contributed by atoms with Crippen LogP contribution in [0.15, 0.2) is 54.1 Å². The van der Waals surface area contributed by atoms with Crippen LogP contribution in [0.2, 0.25) is 5.02 Å². The molecular weight excluding hydrogens is 505 g/mol. The van der Waals surface area contributed by atoms with Crippen molar-refractivity contribution in [3.8, 4) is 0 Å². The molecule has 11 heteroatoms. The maximum atomic E-state index is 14.8. The molecule has 1 N–H and O–H groups in total. The van der Waals surface area contributed by atoms with Crippen LogP contribution in [0.5, 0.6) is 0 Å². The van der Waals surface area contributed by atoms with Crippen molar-refractivity contribution >= 4 is 27.5 Å². The number of hydrogen-bond acceptors (Lipinski definition) is 5. The van der Waals surface area contributed by atoms with Gasteiger partial charge in [-0.25, -0.2) is 17.8 Å². The first kappa shape index (κ1) is 27.8. The molecule has 0 spiro atoms. The first-order valence-corrected chi connectivity index (χ1v) is 13.6. The molecule has 3 heterocycles. The summed E-state index contributed by atoms with van der Waals surface area (Å²) in [6.45, 7) is 6.19. The average Bonchev–Trinajstić information content (AvgIpc) is 3.31. The van der Waals surface area contributed by atoms with Crippen molar-refractivity contribution in [3.05, 3.63) is 76.7 Å². The van der Waals surface area contributed by atoms with Crippen molar-refractivity contribution in [1.82, 2.24) is 24.2 Å². The van der Waals surface area contributed by atoms with Gasteiger partial charge in [-0.3, -0.25) is 9.78 Å².